The predicted molar refractivity (Wildman–Crippen MR) is 86.2 cm³/mol. The SMILES string of the molecule is O=C(c1nnc(-c2ccccc2)o1)N1CCCc2ccccc21. The first-order chi connectivity index (χ1) is 11.3. The molecule has 0 saturated heterocycles. The Kier molecular flexibility index (Phi) is 3.38. The third-order valence-corrected chi connectivity index (χ3v) is 3.98. The fourth-order valence-electron chi connectivity index (χ4n) is 2.87. The Morgan fingerprint density at radius 3 is 2.65 bits per heavy atom. The smallest absolute Gasteiger partial charge is 0.315 e. The molecular formula is C18H15N3O2. The number of amides is 1. The highest BCUT2D eigenvalue weighted by Gasteiger charge is 2.27. The lowest BCUT2D eigenvalue weighted by Crippen LogP contribution is -2.35. The molecule has 5 nitrogen and oxygen atoms in total. The lowest BCUT2D eigenvalue weighted by molar-refractivity contribution is 0.0952. The number of para-hydroxylation sites is 1. The summed E-state index contributed by atoms with van der Waals surface area (Å²) in [5.41, 5.74) is 2.91. The van der Waals surface area contributed by atoms with Crippen molar-refractivity contribution in [2.24, 2.45) is 0 Å². The van der Waals surface area contributed by atoms with Crippen LogP contribution in [0.4, 0.5) is 5.69 Å². The van der Waals surface area contributed by atoms with Crippen LogP contribution in [-0.4, -0.2) is 22.6 Å². The van der Waals surface area contributed by atoms with Crippen molar-refractivity contribution in [2.45, 2.75) is 12.8 Å². The minimum Gasteiger partial charge on any atom is -0.412 e. The summed E-state index contributed by atoms with van der Waals surface area (Å²) in [6.45, 7) is 0.666. The summed E-state index contributed by atoms with van der Waals surface area (Å²) in [4.78, 5) is 14.5. The van der Waals surface area contributed by atoms with Crippen LogP contribution in [0.1, 0.15) is 22.7 Å². The largest absolute Gasteiger partial charge is 0.412 e. The predicted octanol–water partition coefficient (Wildman–Crippen LogP) is 3.33. The van der Waals surface area contributed by atoms with Gasteiger partial charge in [-0.2, -0.15) is 0 Å². The van der Waals surface area contributed by atoms with Crippen molar-refractivity contribution >= 4 is 11.6 Å². The van der Waals surface area contributed by atoms with Crippen LogP contribution in [0.5, 0.6) is 0 Å². The van der Waals surface area contributed by atoms with Gasteiger partial charge in [0.1, 0.15) is 0 Å². The van der Waals surface area contributed by atoms with E-state index in [9.17, 15) is 4.79 Å². The molecule has 114 valence electrons. The molecule has 0 spiro atoms. The van der Waals surface area contributed by atoms with Crippen LogP contribution < -0.4 is 4.90 Å². The Hall–Kier alpha value is -2.95. The number of carbonyl (C=O) groups excluding carboxylic acids is 1. The van der Waals surface area contributed by atoms with Crippen LogP contribution in [0.3, 0.4) is 0 Å². The van der Waals surface area contributed by atoms with Crippen molar-refractivity contribution in [1.82, 2.24) is 10.2 Å². The van der Waals surface area contributed by atoms with Gasteiger partial charge in [0.2, 0.25) is 5.89 Å². The normalized spacial score (nSPS) is 13.7. The number of fused-ring (bicyclic) bond motifs is 1. The molecule has 3 aromatic rings. The fourth-order valence-corrected chi connectivity index (χ4v) is 2.87. The van der Waals surface area contributed by atoms with Gasteiger partial charge in [0.15, 0.2) is 0 Å². The Labute approximate surface area is 133 Å². The minimum atomic E-state index is -0.244. The number of rotatable bonds is 2. The summed E-state index contributed by atoms with van der Waals surface area (Å²) in [5, 5.41) is 7.93. The molecule has 1 aromatic heterocycles. The number of anilines is 1. The second-order valence-corrected chi connectivity index (χ2v) is 5.47. The summed E-state index contributed by atoms with van der Waals surface area (Å²) in [6, 6.07) is 17.4. The highest BCUT2D eigenvalue weighted by atomic mass is 16.4. The quantitative estimate of drug-likeness (QED) is 0.728. The maximum absolute atomic E-state index is 12.7. The van der Waals surface area contributed by atoms with Crippen molar-refractivity contribution in [3.8, 4) is 11.5 Å². The molecule has 0 radical (unpaired) electrons. The zero-order chi connectivity index (χ0) is 15.6. The van der Waals surface area contributed by atoms with Gasteiger partial charge < -0.3 is 9.32 Å². The molecule has 5 heteroatoms. The summed E-state index contributed by atoms with van der Waals surface area (Å²) in [6.07, 6.45) is 1.92. The lowest BCUT2D eigenvalue weighted by Gasteiger charge is -2.28. The van der Waals surface area contributed by atoms with Gasteiger partial charge in [0.25, 0.3) is 0 Å². The minimum absolute atomic E-state index is 0.0283. The zero-order valence-electron chi connectivity index (χ0n) is 12.5. The molecular weight excluding hydrogens is 290 g/mol. The number of nitrogens with zero attached hydrogens (tertiary/aromatic N) is 3. The van der Waals surface area contributed by atoms with E-state index in [2.05, 4.69) is 16.3 Å². The van der Waals surface area contributed by atoms with Gasteiger partial charge in [-0.1, -0.05) is 36.4 Å². The van der Waals surface area contributed by atoms with Crippen LogP contribution in [0.25, 0.3) is 11.5 Å². The summed E-state index contributed by atoms with van der Waals surface area (Å²) < 4.78 is 5.59. The molecule has 2 heterocycles. The third-order valence-electron chi connectivity index (χ3n) is 3.98. The first kappa shape index (κ1) is 13.7. The van der Waals surface area contributed by atoms with Crippen LogP contribution in [0.2, 0.25) is 0 Å². The Balaban J connectivity index is 1.65. The highest BCUT2D eigenvalue weighted by molar-refractivity contribution is 6.03. The molecule has 0 N–H and O–H groups in total. The number of benzene rings is 2. The zero-order valence-corrected chi connectivity index (χ0v) is 12.5. The van der Waals surface area contributed by atoms with Gasteiger partial charge in [-0.3, -0.25) is 4.79 Å². The van der Waals surface area contributed by atoms with Gasteiger partial charge >= 0.3 is 11.8 Å². The number of carbonyl (C=O) groups is 1. The van der Waals surface area contributed by atoms with Gasteiger partial charge in [-0.15, -0.1) is 10.2 Å². The van der Waals surface area contributed by atoms with Crippen LogP contribution in [0.15, 0.2) is 59.0 Å². The van der Waals surface area contributed by atoms with Crippen LogP contribution >= 0.6 is 0 Å². The maximum atomic E-state index is 12.7. The standard InChI is InChI=1S/C18H15N3O2/c22-18(21-12-6-10-13-7-4-5-11-15(13)21)17-20-19-16(23-17)14-8-2-1-3-9-14/h1-5,7-9,11H,6,10,12H2. The van der Waals surface area contributed by atoms with Gasteiger partial charge in [0, 0.05) is 17.8 Å². The van der Waals surface area contributed by atoms with E-state index in [-0.39, 0.29) is 11.8 Å². The fraction of sp³-hybridized carbons (Fsp3) is 0.167. The second kappa shape index (κ2) is 5.68. The first-order valence-electron chi connectivity index (χ1n) is 7.61. The molecule has 0 unspecified atom stereocenters. The van der Waals surface area contributed by atoms with Crippen molar-refractivity contribution in [3.63, 3.8) is 0 Å². The van der Waals surface area contributed by atoms with E-state index in [1.165, 1.54) is 5.56 Å². The molecule has 0 atom stereocenters. The molecule has 1 amide bonds. The van der Waals surface area contributed by atoms with Gasteiger partial charge in [-0.05, 0) is 36.6 Å². The average molecular weight is 305 g/mol. The number of aryl methyl sites for hydroxylation is 1. The number of aromatic nitrogens is 2. The second-order valence-electron chi connectivity index (χ2n) is 5.47. The average Bonchev–Trinajstić information content (AvgIpc) is 3.11. The van der Waals surface area contributed by atoms with E-state index < -0.39 is 0 Å². The Morgan fingerprint density at radius 2 is 1.78 bits per heavy atom. The van der Waals surface area contributed by atoms with E-state index >= 15 is 0 Å². The maximum Gasteiger partial charge on any atom is 0.315 e. The topological polar surface area (TPSA) is 59.2 Å². The number of hydrogen-bond donors (Lipinski definition) is 0. The van der Waals surface area contributed by atoms with E-state index in [1.807, 2.05) is 48.5 Å². The van der Waals surface area contributed by atoms with Gasteiger partial charge in [0.05, 0.1) is 0 Å². The molecule has 1 aliphatic rings. The molecule has 1 aliphatic heterocycles. The van der Waals surface area contributed by atoms with E-state index in [1.54, 1.807) is 4.90 Å². The summed E-state index contributed by atoms with van der Waals surface area (Å²) in [5.74, 6) is 0.145. The van der Waals surface area contributed by atoms with Crippen molar-refractivity contribution in [3.05, 3.63) is 66.1 Å². The first-order valence-corrected chi connectivity index (χ1v) is 7.61. The van der Waals surface area contributed by atoms with Crippen LogP contribution in [-0.2, 0) is 6.42 Å². The monoisotopic (exact) mass is 305 g/mol. The molecule has 2 aromatic carbocycles. The summed E-state index contributed by atoms with van der Waals surface area (Å²) >= 11 is 0. The van der Waals surface area contributed by atoms with Crippen molar-refractivity contribution < 1.29 is 9.21 Å². The van der Waals surface area contributed by atoms with Crippen molar-refractivity contribution in [1.29, 1.82) is 0 Å². The molecule has 0 bridgehead atoms. The summed E-state index contributed by atoms with van der Waals surface area (Å²) in [7, 11) is 0. The Bertz CT molecular complexity index is 842. The third kappa shape index (κ3) is 2.50. The van der Waals surface area contributed by atoms with Gasteiger partial charge in [-0.25, -0.2) is 0 Å². The molecule has 4 rings (SSSR count). The highest BCUT2D eigenvalue weighted by Crippen LogP contribution is 2.28. The van der Waals surface area contributed by atoms with Crippen LogP contribution in [0, 0.1) is 0 Å². The van der Waals surface area contributed by atoms with E-state index in [4.69, 9.17) is 4.42 Å². The molecule has 0 aliphatic carbocycles. The molecule has 0 saturated carbocycles. The van der Waals surface area contributed by atoms with E-state index in [0.717, 1.165) is 24.1 Å². The lowest BCUT2D eigenvalue weighted by atomic mass is 10.0. The number of hydrogen-bond acceptors (Lipinski definition) is 4. The Morgan fingerprint density at radius 1 is 1.00 bits per heavy atom. The molecule has 23 heavy (non-hydrogen) atoms. The van der Waals surface area contributed by atoms with Crippen molar-refractivity contribution in [2.75, 3.05) is 11.4 Å². The molecule has 0 fully saturated rings. The van der Waals surface area contributed by atoms with E-state index in [0.29, 0.717) is 12.4 Å².